The van der Waals surface area contributed by atoms with Gasteiger partial charge in [-0.3, -0.25) is 9.69 Å². The predicted octanol–water partition coefficient (Wildman–Crippen LogP) is 4.49. The van der Waals surface area contributed by atoms with Crippen molar-refractivity contribution in [3.8, 4) is 5.75 Å². The molecule has 1 aliphatic carbocycles. The molecule has 2 aliphatic heterocycles. The molecule has 0 radical (unpaired) electrons. The number of thioether (sulfide) groups is 1. The molecule has 1 saturated heterocycles. The number of ether oxygens (including phenoxy) is 1. The summed E-state index contributed by atoms with van der Waals surface area (Å²) in [5.41, 5.74) is 2.75. The van der Waals surface area contributed by atoms with Gasteiger partial charge in [-0.2, -0.15) is 0 Å². The van der Waals surface area contributed by atoms with Crippen molar-refractivity contribution >= 4 is 29.4 Å². The number of anilines is 1. The highest BCUT2D eigenvalue weighted by molar-refractivity contribution is 8.01. The smallest absolute Gasteiger partial charge is 0.319 e. The third-order valence-electron chi connectivity index (χ3n) is 6.76. The number of methoxy groups -OCH3 is 1. The Morgan fingerprint density at radius 1 is 1.16 bits per heavy atom. The summed E-state index contributed by atoms with van der Waals surface area (Å²) >= 11 is 1.55. The monoisotopic (exact) mass is 451 g/mol. The lowest BCUT2D eigenvalue weighted by atomic mass is 9.95. The lowest BCUT2D eigenvalue weighted by molar-refractivity contribution is -0.123. The van der Waals surface area contributed by atoms with Crippen LogP contribution in [0.3, 0.4) is 0 Å². The van der Waals surface area contributed by atoms with Gasteiger partial charge in [-0.25, -0.2) is 4.79 Å². The number of carbonyl (C=O) groups is 2. The van der Waals surface area contributed by atoms with E-state index < -0.39 is 4.87 Å². The number of amides is 3. The van der Waals surface area contributed by atoms with Crippen molar-refractivity contribution in [1.82, 2.24) is 10.2 Å². The molecule has 1 spiro atoms. The Bertz CT molecular complexity index is 1010. The van der Waals surface area contributed by atoms with Crippen LogP contribution in [0.15, 0.2) is 48.5 Å². The molecule has 7 heteroatoms. The molecule has 0 aromatic heterocycles. The standard InChI is InChI=1S/C25H29N3O3S/c1-31-20-12-13-22-21(16-20)25(23(29)27(22)17-18-8-4-2-5-9-18)28(14-15-32-25)24(30)26-19-10-6-3-7-11-19/h2,4-5,8-9,12-13,16,19H,3,6-7,10-11,14-15,17H2,1H3,(H,26,30)/t25-/m0/s1. The van der Waals surface area contributed by atoms with E-state index in [1.54, 1.807) is 23.8 Å². The summed E-state index contributed by atoms with van der Waals surface area (Å²) in [6.45, 7) is 1.02. The summed E-state index contributed by atoms with van der Waals surface area (Å²) in [5, 5.41) is 3.23. The first-order valence-electron chi connectivity index (χ1n) is 11.4. The van der Waals surface area contributed by atoms with Gasteiger partial charge in [0.05, 0.1) is 19.3 Å². The van der Waals surface area contributed by atoms with E-state index in [-0.39, 0.29) is 18.0 Å². The Morgan fingerprint density at radius 2 is 1.94 bits per heavy atom. The number of nitrogens with zero attached hydrogens (tertiary/aromatic N) is 2. The third kappa shape index (κ3) is 3.52. The minimum atomic E-state index is -1.04. The molecule has 6 nitrogen and oxygen atoms in total. The molecule has 0 bridgehead atoms. The number of fused-ring (bicyclic) bond motifs is 2. The molecule has 2 fully saturated rings. The number of hydrogen-bond acceptors (Lipinski definition) is 4. The molecule has 3 aliphatic rings. The van der Waals surface area contributed by atoms with Crippen LogP contribution in [0.25, 0.3) is 0 Å². The van der Waals surface area contributed by atoms with Crippen molar-refractivity contribution in [2.24, 2.45) is 0 Å². The molecule has 1 atom stereocenters. The van der Waals surface area contributed by atoms with Gasteiger partial charge in [0.2, 0.25) is 0 Å². The number of hydrogen-bond donors (Lipinski definition) is 1. The van der Waals surface area contributed by atoms with Gasteiger partial charge in [-0.1, -0.05) is 49.6 Å². The van der Waals surface area contributed by atoms with Crippen LogP contribution < -0.4 is 15.0 Å². The molecule has 32 heavy (non-hydrogen) atoms. The second-order valence-corrected chi connectivity index (χ2v) is 9.98. The summed E-state index contributed by atoms with van der Waals surface area (Å²) in [7, 11) is 1.63. The molecule has 3 amide bonds. The fourth-order valence-corrected chi connectivity index (χ4v) is 6.60. The van der Waals surface area contributed by atoms with Crippen molar-refractivity contribution in [3.05, 3.63) is 59.7 Å². The fourth-order valence-electron chi connectivity index (χ4n) is 5.14. The van der Waals surface area contributed by atoms with Gasteiger partial charge in [-0.05, 0) is 36.6 Å². The molecule has 1 N–H and O–H groups in total. The molecule has 0 unspecified atom stereocenters. The van der Waals surface area contributed by atoms with Crippen LogP contribution in [0.4, 0.5) is 10.5 Å². The predicted molar refractivity (Wildman–Crippen MR) is 127 cm³/mol. The van der Waals surface area contributed by atoms with Crippen molar-refractivity contribution in [2.75, 3.05) is 24.3 Å². The molecule has 2 heterocycles. The molecule has 1 saturated carbocycles. The summed E-state index contributed by atoms with van der Waals surface area (Å²) < 4.78 is 5.49. The van der Waals surface area contributed by atoms with Gasteiger partial charge < -0.3 is 15.0 Å². The highest BCUT2D eigenvalue weighted by Gasteiger charge is 2.59. The minimum Gasteiger partial charge on any atom is -0.497 e. The van der Waals surface area contributed by atoms with Crippen molar-refractivity contribution in [1.29, 1.82) is 0 Å². The van der Waals surface area contributed by atoms with Crippen LogP contribution in [0.2, 0.25) is 0 Å². The van der Waals surface area contributed by atoms with E-state index in [4.69, 9.17) is 4.74 Å². The summed E-state index contributed by atoms with van der Waals surface area (Å²) in [6.07, 6.45) is 5.55. The van der Waals surface area contributed by atoms with Crippen molar-refractivity contribution in [2.45, 2.75) is 49.6 Å². The van der Waals surface area contributed by atoms with E-state index in [2.05, 4.69) is 5.32 Å². The molecule has 5 rings (SSSR count). The number of nitrogens with one attached hydrogen (secondary N) is 1. The molecule has 2 aromatic rings. The lowest BCUT2D eigenvalue weighted by Gasteiger charge is -2.35. The van der Waals surface area contributed by atoms with Gasteiger partial charge >= 0.3 is 6.03 Å². The topological polar surface area (TPSA) is 61.9 Å². The number of rotatable bonds is 4. The normalized spacial score (nSPS) is 23.0. The van der Waals surface area contributed by atoms with Gasteiger partial charge in [0, 0.05) is 23.9 Å². The van der Waals surface area contributed by atoms with Crippen LogP contribution in [0.1, 0.15) is 43.2 Å². The fraction of sp³-hybridized carbons (Fsp3) is 0.440. The molecular weight excluding hydrogens is 422 g/mol. The van der Waals surface area contributed by atoms with Crippen LogP contribution in [0.5, 0.6) is 5.75 Å². The summed E-state index contributed by atoms with van der Waals surface area (Å²) in [5.74, 6) is 1.36. The number of urea groups is 1. The van der Waals surface area contributed by atoms with Crippen molar-refractivity contribution < 1.29 is 14.3 Å². The second kappa shape index (κ2) is 8.70. The van der Waals surface area contributed by atoms with Gasteiger partial charge in [0.1, 0.15) is 5.75 Å². The Morgan fingerprint density at radius 3 is 2.69 bits per heavy atom. The Hall–Kier alpha value is -2.67. The van der Waals surface area contributed by atoms with Crippen LogP contribution in [0, 0.1) is 0 Å². The third-order valence-corrected chi connectivity index (χ3v) is 8.18. The Balaban J connectivity index is 1.51. The first-order valence-corrected chi connectivity index (χ1v) is 12.4. The summed E-state index contributed by atoms with van der Waals surface area (Å²) in [6, 6.07) is 15.8. The average molecular weight is 452 g/mol. The van der Waals surface area contributed by atoms with Crippen LogP contribution in [-0.2, 0) is 16.2 Å². The summed E-state index contributed by atoms with van der Waals surface area (Å²) in [4.78, 5) is 30.0. The zero-order valence-corrected chi connectivity index (χ0v) is 19.2. The number of carbonyl (C=O) groups excluding carboxylic acids is 2. The SMILES string of the molecule is COc1ccc2c(c1)[C@]1(SCCN1C(=O)NC1CCCCC1)C(=O)N2Cc1ccccc1. The first-order chi connectivity index (χ1) is 15.6. The lowest BCUT2D eigenvalue weighted by Crippen LogP contribution is -2.55. The van der Waals surface area contributed by atoms with Gasteiger partial charge in [-0.15, -0.1) is 11.8 Å². The maximum atomic E-state index is 14.0. The Kier molecular flexibility index (Phi) is 5.76. The average Bonchev–Trinajstić information content (AvgIpc) is 3.37. The van der Waals surface area contributed by atoms with E-state index in [1.807, 2.05) is 53.4 Å². The quantitative estimate of drug-likeness (QED) is 0.744. The Labute approximate surface area is 193 Å². The van der Waals surface area contributed by atoms with E-state index in [9.17, 15) is 9.59 Å². The van der Waals surface area contributed by atoms with E-state index in [0.717, 1.165) is 48.3 Å². The highest BCUT2D eigenvalue weighted by atomic mass is 32.2. The second-order valence-electron chi connectivity index (χ2n) is 8.69. The van der Waals surface area contributed by atoms with Crippen LogP contribution >= 0.6 is 11.8 Å². The zero-order chi connectivity index (χ0) is 22.1. The maximum absolute atomic E-state index is 14.0. The largest absolute Gasteiger partial charge is 0.497 e. The van der Waals surface area contributed by atoms with Crippen LogP contribution in [-0.4, -0.2) is 42.3 Å². The van der Waals surface area contributed by atoms with Gasteiger partial charge in [0.25, 0.3) is 5.91 Å². The van der Waals surface area contributed by atoms with E-state index >= 15 is 0 Å². The highest BCUT2D eigenvalue weighted by Crippen LogP contribution is 2.55. The number of benzene rings is 2. The molecular formula is C25H29N3O3S. The van der Waals surface area contributed by atoms with E-state index in [1.165, 1.54) is 6.42 Å². The minimum absolute atomic E-state index is 0.0501. The first kappa shape index (κ1) is 21.2. The van der Waals surface area contributed by atoms with E-state index in [0.29, 0.717) is 18.8 Å². The maximum Gasteiger partial charge on any atom is 0.319 e. The van der Waals surface area contributed by atoms with Gasteiger partial charge in [0.15, 0.2) is 4.87 Å². The molecule has 2 aromatic carbocycles. The zero-order valence-electron chi connectivity index (χ0n) is 18.4. The molecule has 168 valence electrons. The van der Waals surface area contributed by atoms with Crippen molar-refractivity contribution in [3.63, 3.8) is 0 Å².